The molecule has 0 aliphatic carbocycles. The highest BCUT2D eigenvalue weighted by atomic mass is 79.9. The third kappa shape index (κ3) is 3.74. The molecule has 1 aromatic heterocycles. The first kappa shape index (κ1) is 15.8. The van der Waals surface area contributed by atoms with Crippen molar-refractivity contribution in [3.05, 3.63) is 57.3 Å². The largest absolute Gasteiger partial charge is 0.417 e. The Morgan fingerprint density at radius 3 is 2.62 bits per heavy atom. The Balaban J connectivity index is 2.38. The molecule has 3 nitrogen and oxygen atoms in total. The quantitative estimate of drug-likeness (QED) is 0.764. The molecule has 0 saturated heterocycles. The monoisotopic (exact) mass is 378 g/mol. The van der Waals surface area contributed by atoms with Gasteiger partial charge in [0.15, 0.2) is 5.15 Å². The molecule has 1 amide bonds. The van der Waals surface area contributed by atoms with Gasteiger partial charge in [-0.25, -0.2) is 4.98 Å². The minimum absolute atomic E-state index is 0.00322. The Bertz CT molecular complexity index is 691. The molecule has 0 spiro atoms. The number of aromatic nitrogens is 1. The number of hydrogen-bond acceptors (Lipinski definition) is 2. The van der Waals surface area contributed by atoms with Crippen LogP contribution >= 0.6 is 27.5 Å². The van der Waals surface area contributed by atoms with E-state index < -0.39 is 23.2 Å². The van der Waals surface area contributed by atoms with E-state index in [0.717, 1.165) is 12.1 Å². The van der Waals surface area contributed by atoms with Crippen LogP contribution in [0, 0.1) is 0 Å². The fraction of sp³-hybridized carbons (Fsp3) is 0.0769. The molecule has 0 unspecified atom stereocenters. The van der Waals surface area contributed by atoms with Gasteiger partial charge in [-0.05, 0) is 30.3 Å². The summed E-state index contributed by atoms with van der Waals surface area (Å²) in [6.45, 7) is 0. The van der Waals surface area contributed by atoms with Crippen LogP contribution in [0.5, 0.6) is 0 Å². The summed E-state index contributed by atoms with van der Waals surface area (Å²) in [5.74, 6) is -0.912. The van der Waals surface area contributed by atoms with E-state index in [1.165, 1.54) is 24.4 Å². The second-order valence-corrected chi connectivity index (χ2v) is 5.26. The summed E-state index contributed by atoms with van der Waals surface area (Å²) in [5.41, 5.74) is -1.39. The molecule has 0 saturated carbocycles. The first-order valence-corrected chi connectivity index (χ1v) is 6.75. The van der Waals surface area contributed by atoms with E-state index in [1.54, 1.807) is 0 Å². The molecule has 1 N–H and O–H groups in total. The van der Waals surface area contributed by atoms with E-state index in [1.807, 2.05) is 0 Å². The summed E-state index contributed by atoms with van der Waals surface area (Å²) < 4.78 is 39.1. The van der Waals surface area contributed by atoms with E-state index in [4.69, 9.17) is 11.6 Å². The molecule has 0 aliphatic heterocycles. The van der Waals surface area contributed by atoms with Crippen LogP contribution in [0.2, 0.25) is 5.15 Å². The molecule has 0 aliphatic rings. The molecule has 0 atom stereocenters. The Hall–Kier alpha value is -1.60. The molecule has 0 radical (unpaired) electrons. The number of amides is 1. The number of nitrogens with zero attached hydrogens (tertiary/aromatic N) is 1. The fourth-order valence-corrected chi connectivity index (χ4v) is 2.15. The number of pyridine rings is 1. The number of rotatable bonds is 2. The number of anilines is 1. The SMILES string of the molecule is O=C(Nc1cccnc1Cl)c1ccc(Br)cc1C(F)(F)F. The van der Waals surface area contributed by atoms with Crippen LogP contribution in [0.15, 0.2) is 41.0 Å². The van der Waals surface area contributed by atoms with Crippen LogP contribution in [0.4, 0.5) is 18.9 Å². The summed E-state index contributed by atoms with van der Waals surface area (Å²) in [4.78, 5) is 15.8. The summed E-state index contributed by atoms with van der Waals surface area (Å²) in [5, 5.41) is 2.31. The van der Waals surface area contributed by atoms with Crippen LogP contribution in [0.1, 0.15) is 15.9 Å². The summed E-state index contributed by atoms with van der Waals surface area (Å²) >= 11 is 8.71. The minimum atomic E-state index is -4.64. The Morgan fingerprint density at radius 2 is 2.00 bits per heavy atom. The van der Waals surface area contributed by atoms with Gasteiger partial charge >= 0.3 is 6.18 Å². The van der Waals surface area contributed by atoms with Crippen LogP contribution < -0.4 is 5.32 Å². The van der Waals surface area contributed by atoms with Crippen molar-refractivity contribution in [2.75, 3.05) is 5.32 Å². The number of carbonyl (C=O) groups excluding carboxylic acids is 1. The third-order valence-electron chi connectivity index (χ3n) is 2.54. The topological polar surface area (TPSA) is 42.0 Å². The lowest BCUT2D eigenvalue weighted by Gasteiger charge is -2.13. The van der Waals surface area contributed by atoms with Crippen molar-refractivity contribution in [2.45, 2.75) is 6.18 Å². The zero-order valence-electron chi connectivity index (χ0n) is 10.2. The lowest BCUT2D eigenvalue weighted by Crippen LogP contribution is -2.19. The number of alkyl halides is 3. The lowest BCUT2D eigenvalue weighted by molar-refractivity contribution is -0.137. The van der Waals surface area contributed by atoms with Gasteiger partial charge in [0.1, 0.15) is 0 Å². The van der Waals surface area contributed by atoms with Crippen LogP contribution in [0.25, 0.3) is 0 Å². The van der Waals surface area contributed by atoms with Crippen molar-refractivity contribution in [2.24, 2.45) is 0 Å². The van der Waals surface area contributed by atoms with Gasteiger partial charge in [0, 0.05) is 10.7 Å². The predicted octanol–water partition coefficient (Wildman–Crippen LogP) is 4.77. The van der Waals surface area contributed by atoms with Crippen molar-refractivity contribution in [1.82, 2.24) is 4.98 Å². The van der Waals surface area contributed by atoms with Gasteiger partial charge in [-0.15, -0.1) is 0 Å². The normalized spacial score (nSPS) is 11.3. The number of carbonyl (C=O) groups is 1. The zero-order valence-corrected chi connectivity index (χ0v) is 12.6. The van der Waals surface area contributed by atoms with E-state index in [2.05, 4.69) is 26.2 Å². The number of benzene rings is 1. The Kier molecular flexibility index (Phi) is 4.53. The maximum Gasteiger partial charge on any atom is 0.417 e. The summed E-state index contributed by atoms with van der Waals surface area (Å²) in [7, 11) is 0. The van der Waals surface area contributed by atoms with Crippen LogP contribution in [0.3, 0.4) is 0 Å². The van der Waals surface area contributed by atoms with Gasteiger partial charge in [0.05, 0.1) is 16.8 Å². The maximum atomic E-state index is 13.0. The maximum absolute atomic E-state index is 13.0. The van der Waals surface area contributed by atoms with Gasteiger partial charge in [-0.1, -0.05) is 27.5 Å². The molecule has 1 aromatic carbocycles. The number of nitrogens with one attached hydrogen (secondary N) is 1. The number of halogens is 5. The van der Waals surface area contributed by atoms with Crippen molar-refractivity contribution in [3.8, 4) is 0 Å². The van der Waals surface area contributed by atoms with E-state index in [0.29, 0.717) is 0 Å². The second kappa shape index (κ2) is 6.03. The Morgan fingerprint density at radius 1 is 1.29 bits per heavy atom. The predicted molar refractivity (Wildman–Crippen MR) is 76.3 cm³/mol. The number of hydrogen-bond donors (Lipinski definition) is 1. The first-order chi connectivity index (χ1) is 9.79. The second-order valence-electron chi connectivity index (χ2n) is 3.98. The fourth-order valence-electron chi connectivity index (χ4n) is 1.62. The summed E-state index contributed by atoms with van der Waals surface area (Å²) in [6, 6.07) is 6.24. The molecule has 0 bridgehead atoms. The standard InChI is InChI=1S/C13H7BrClF3N2O/c14-7-3-4-8(9(6-7)13(16,17)18)12(21)20-10-2-1-5-19-11(10)15/h1-6H,(H,20,21). The van der Waals surface area contributed by atoms with Gasteiger partial charge in [-0.2, -0.15) is 13.2 Å². The van der Waals surface area contributed by atoms with Crippen molar-refractivity contribution in [3.63, 3.8) is 0 Å². The molecule has 21 heavy (non-hydrogen) atoms. The van der Waals surface area contributed by atoms with Gasteiger partial charge in [0.25, 0.3) is 5.91 Å². The summed E-state index contributed by atoms with van der Waals surface area (Å²) in [6.07, 6.45) is -3.24. The highest BCUT2D eigenvalue weighted by molar-refractivity contribution is 9.10. The average molecular weight is 380 g/mol. The van der Waals surface area contributed by atoms with Gasteiger partial charge < -0.3 is 5.32 Å². The lowest BCUT2D eigenvalue weighted by atomic mass is 10.1. The van der Waals surface area contributed by atoms with Crippen LogP contribution in [-0.2, 0) is 6.18 Å². The van der Waals surface area contributed by atoms with E-state index >= 15 is 0 Å². The highest BCUT2D eigenvalue weighted by Crippen LogP contribution is 2.34. The van der Waals surface area contributed by atoms with Gasteiger partial charge in [-0.3, -0.25) is 4.79 Å². The third-order valence-corrected chi connectivity index (χ3v) is 3.33. The van der Waals surface area contributed by atoms with E-state index in [-0.39, 0.29) is 15.3 Å². The molecule has 110 valence electrons. The van der Waals surface area contributed by atoms with Gasteiger partial charge in [0.2, 0.25) is 0 Å². The van der Waals surface area contributed by atoms with E-state index in [9.17, 15) is 18.0 Å². The first-order valence-electron chi connectivity index (χ1n) is 5.57. The molecular formula is C13H7BrClF3N2O. The van der Waals surface area contributed by atoms with Crippen molar-refractivity contribution in [1.29, 1.82) is 0 Å². The molecule has 0 fully saturated rings. The zero-order chi connectivity index (χ0) is 15.6. The smallest absolute Gasteiger partial charge is 0.319 e. The van der Waals surface area contributed by atoms with Crippen molar-refractivity contribution >= 4 is 39.1 Å². The highest BCUT2D eigenvalue weighted by Gasteiger charge is 2.35. The minimum Gasteiger partial charge on any atom is -0.319 e. The Labute approximate surface area is 131 Å². The van der Waals surface area contributed by atoms with Crippen molar-refractivity contribution < 1.29 is 18.0 Å². The van der Waals surface area contributed by atoms with Crippen LogP contribution in [-0.4, -0.2) is 10.9 Å². The molecule has 2 rings (SSSR count). The average Bonchev–Trinajstić information content (AvgIpc) is 2.40. The molecular weight excluding hydrogens is 373 g/mol. The molecule has 1 heterocycles. The molecule has 8 heteroatoms. The molecule has 2 aromatic rings.